The molecule has 1 heteroatoms. The van der Waals surface area contributed by atoms with Crippen LogP contribution in [0, 0.1) is 23.2 Å². The molecular formula is C11H18O. The molecule has 1 N–H and O–H groups in total. The van der Waals surface area contributed by atoms with Gasteiger partial charge in [0.05, 0.1) is 0 Å². The van der Waals surface area contributed by atoms with E-state index in [4.69, 9.17) is 0 Å². The summed E-state index contributed by atoms with van der Waals surface area (Å²) in [5.41, 5.74) is 0.420. The maximum Gasteiger partial charge on any atom is 0.0492 e. The minimum absolute atomic E-state index is 0.420. The molecule has 68 valence electrons. The second-order valence-corrected chi connectivity index (χ2v) is 5.16. The van der Waals surface area contributed by atoms with E-state index < -0.39 is 0 Å². The summed E-state index contributed by atoms with van der Waals surface area (Å²) in [7, 11) is 0. The normalized spacial score (nSPS) is 56.2. The number of hydrogen-bond donors (Lipinski definition) is 1. The standard InChI is InChI=1S/C11H18O/c12-7-11-5-1-2-10(11)8-3-4-9(11)6-8/h8-10,12H,1-7H2/t8-,9+,10+,11-/m1/s1. The van der Waals surface area contributed by atoms with Gasteiger partial charge in [-0.25, -0.2) is 0 Å². The fraction of sp³-hybridized carbons (Fsp3) is 1.00. The summed E-state index contributed by atoms with van der Waals surface area (Å²) in [4.78, 5) is 0. The predicted molar refractivity (Wildman–Crippen MR) is 47.7 cm³/mol. The van der Waals surface area contributed by atoms with Gasteiger partial charge in [-0.15, -0.1) is 0 Å². The van der Waals surface area contributed by atoms with E-state index in [1.807, 2.05) is 0 Å². The van der Waals surface area contributed by atoms with E-state index in [2.05, 4.69) is 0 Å². The Hall–Kier alpha value is -0.0400. The summed E-state index contributed by atoms with van der Waals surface area (Å²) in [5.74, 6) is 2.82. The third-order valence-corrected chi connectivity index (χ3v) is 5.05. The highest BCUT2D eigenvalue weighted by Gasteiger charge is 2.59. The van der Waals surface area contributed by atoms with Gasteiger partial charge in [0.2, 0.25) is 0 Å². The van der Waals surface area contributed by atoms with E-state index in [1.54, 1.807) is 0 Å². The lowest BCUT2D eigenvalue weighted by Gasteiger charge is -2.37. The van der Waals surface area contributed by atoms with Gasteiger partial charge in [-0.2, -0.15) is 0 Å². The van der Waals surface area contributed by atoms with E-state index in [1.165, 1.54) is 38.5 Å². The molecule has 3 fully saturated rings. The van der Waals surface area contributed by atoms with E-state index in [-0.39, 0.29) is 0 Å². The molecule has 3 saturated carbocycles. The first kappa shape index (κ1) is 7.37. The van der Waals surface area contributed by atoms with Crippen molar-refractivity contribution in [2.75, 3.05) is 6.61 Å². The molecule has 0 aromatic carbocycles. The molecule has 0 aromatic rings. The number of rotatable bonds is 1. The summed E-state index contributed by atoms with van der Waals surface area (Å²) in [6.45, 7) is 0.485. The Bertz CT molecular complexity index is 201. The third-order valence-electron chi connectivity index (χ3n) is 5.05. The molecule has 4 atom stereocenters. The molecule has 0 heterocycles. The molecule has 0 radical (unpaired) electrons. The van der Waals surface area contributed by atoms with Crippen molar-refractivity contribution in [1.29, 1.82) is 0 Å². The fourth-order valence-electron chi connectivity index (χ4n) is 4.57. The summed E-state index contributed by atoms with van der Waals surface area (Å²) in [6.07, 6.45) is 8.47. The van der Waals surface area contributed by atoms with Crippen LogP contribution in [0.15, 0.2) is 0 Å². The minimum Gasteiger partial charge on any atom is -0.396 e. The molecule has 2 bridgehead atoms. The zero-order chi connectivity index (χ0) is 8.18. The largest absolute Gasteiger partial charge is 0.396 e. The quantitative estimate of drug-likeness (QED) is 0.633. The van der Waals surface area contributed by atoms with Crippen LogP contribution in [0.5, 0.6) is 0 Å². The van der Waals surface area contributed by atoms with Gasteiger partial charge >= 0.3 is 0 Å². The van der Waals surface area contributed by atoms with E-state index in [9.17, 15) is 5.11 Å². The lowest BCUT2D eigenvalue weighted by molar-refractivity contribution is 0.0342. The summed E-state index contributed by atoms with van der Waals surface area (Å²) in [5, 5.41) is 9.55. The number of hydrogen-bond acceptors (Lipinski definition) is 1. The Kier molecular flexibility index (Phi) is 1.39. The number of aliphatic hydroxyl groups excluding tert-OH is 1. The predicted octanol–water partition coefficient (Wildman–Crippen LogP) is 2.20. The van der Waals surface area contributed by atoms with Gasteiger partial charge in [-0.1, -0.05) is 6.42 Å². The van der Waals surface area contributed by atoms with Crippen molar-refractivity contribution in [2.24, 2.45) is 23.2 Å². The smallest absolute Gasteiger partial charge is 0.0492 e. The second kappa shape index (κ2) is 2.25. The number of fused-ring (bicyclic) bond motifs is 5. The van der Waals surface area contributed by atoms with Crippen molar-refractivity contribution in [1.82, 2.24) is 0 Å². The first-order valence-electron chi connectivity index (χ1n) is 5.48. The minimum atomic E-state index is 0.420. The molecule has 3 aliphatic carbocycles. The fourth-order valence-corrected chi connectivity index (χ4v) is 4.57. The lowest BCUT2D eigenvalue weighted by atomic mass is 9.68. The topological polar surface area (TPSA) is 20.2 Å². The van der Waals surface area contributed by atoms with Crippen molar-refractivity contribution in [3.05, 3.63) is 0 Å². The highest BCUT2D eigenvalue weighted by Crippen LogP contribution is 2.65. The van der Waals surface area contributed by atoms with Crippen molar-refractivity contribution < 1.29 is 5.11 Å². The van der Waals surface area contributed by atoms with Crippen LogP contribution in [0.4, 0.5) is 0 Å². The van der Waals surface area contributed by atoms with Crippen LogP contribution in [-0.2, 0) is 0 Å². The average Bonchev–Trinajstić information content (AvgIpc) is 2.76. The van der Waals surface area contributed by atoms with E-state index >= 15 is 0 Å². The number of aliphatic hydroxyl groups is 1. The zero-order valence-corrected chi connectivity index (χ0v) is 7.63. The Morgan fingerprint density at radius 3 is 2.92 bits per heavy atom. The van der Waals surface area contributed by atoms with Gasteiger partial charge in [0.1, 0.15) is 0 Å². The molecule has 1 nitrogen and oxygen atoms in total. The Balaban J connectivity index is 1.98. The third kappa shape index (κ3) is 0.654. The van der Waals surface area contributed by atoms with Crippen LogP contribution in [0.2, 0.25) is 0 Å². The highest BCUT2D eigenvalue weighted by atomic mass is 16.3. The Morgan fingerprint density at radius 2 is 2.17 bits per heavy atom. The van der Waals surface area contributed by atoms with E-state index in [0.717, 1.165) is 17.8 Å². The summed E-state index contributed by atoms with van der Waals surface area (Å²) < 4.78 is 0. The van der Waals surface area contributed by atoms with Gasteiger partial charge in [-0.3, -0.25) is 0 Å². The lowest BCUT2D eigenvalue weighted by Crippen LogP contribution is -2.35. The maximum absolute atomic E-state index is 9.55. The molecule has 0 unspecified atom stereocenters. The maximum atomic E-state index is 9.55. The monoisotopic (exact) mass is 166 g/mol. The molecular weight excluding hydrogens is 148 g/mol. The van der Waals surface area contributed by atoms with Gasteiger partial charge in [0.25, 0.3) is 0 Å². The van der Waals surface area contributed by atoms with E-state index in [0.29, 0.717) is 12.0 Å². The van der Waals surface area contributed by atoms with Crippen LogP contribution in [0.3, 0.4) is 0 Å². The van der Waals surface area contributed by atoms with Gasteiger partial charge in [-0.05, 0) is 55.3 Å². The molecule has 0 aliphatic heterocycles. The SMILES string of the molecule is OC[C@@]12CCC[C@H]1[C@@H]1CC[C@H]2C1. The molecule has 0 amide bonds. The molecule has 0 saturated heterocycles. The molecule has 3 aliphatic rings. The highest BCUT2D eigenvalue weighted by molar-refractivity contribution is 5.08. The summed E-state index contributed by atoms with van der Waals surface area (Å²) in [6, 6.07) is 0. The van der Waals surface area contributed by atoms with Crippen LogP contribution >= 0.6 is 0 Å². The molecule has 0 aromatic heterocycles. The Labute approximate surface area is 74.2 Å². The zero-order valence-electron chi connectivity index (χ0n) is 7.63. The van der Waals surface area contributed by atoms with Gasteiger partial charge in [0, 0.05) is 6.61 Å². The van der Waals surface area contributed by atoms with Crippen molar-refractivity contribution in [3.8, 4) is 0 Å². The Morgan fingerprint density at radius 1 is 1.25 bits per heavy atom. The van der Waals surface area contributed by atoms with Crippen LogP contribution < -0.4 is 0 Å². The first-order chi connectivity index (χ1) is 5.87. The second-order valence-electron chi connectivity index (χ2n) is 5.16. The molecule has 3 rings (SSSR count). The van der Waals surface area contributed by atoms with Crippen LogP contribution in [-0.4, -0.2) is 11.7 Å². The van der Waals surface area contributed by atoms with Crippen LogP contribution in [0.25, 0.3) is 0 Å². The first-order valence-corrected chi connectivity index (χ1v) is 5.48. The van der Waals surface area contributed by atoms with Crippen molar-refractivity contribution >= 4 is 0 Å². The van der Waals surface area contributed by atoms with Crippen LogP contribution in [0.1, 0.15) is 38.5 Å². The van der Waals surface area contributed by atoms with Gasteiger partial charge < -0.3 is 5.11 Å². The van der Waals surface area contributed by atoms with Crippen molar-refractivity contribution in [2.45, 2.75) is 38.5 Å². The summed E-state index contributed by atoms with van der Waals surface area (Å²) >= 11 is 0. The molecule has 12 heavy (non-hydrogen) atoms. The van der Waals surface area contributed by atoms with Crippen molar-refractivity contribution in [3.63, 3.8) is 0 Å². The van der Waals surface area contributed by atoms with Gasteiger partial charge in [0.15, 0.2) is 0 Å². The average molecular weight is 166 g/mol. The molecule has 0 spiro atoms.